The zero-order valence-corrected chi connectivity index (χ0v) is 12.5. The van der Waals surface area contributed by atoms with E-state index in [1.807, 2.05) is 17.8 Å². The van der Waals surface area contributed by atoms with Crippen molar-refractivity contribution in [3.63, 3.8) is 0 Å². The number of hydrogen-bond acceptors (Lipinski definition) is 6. The van der Waals surface area contributed by atoms with Crippen molar-refractivity contribution in [1.82, 2.24) is 9.71 Å². The number of rotatable bonds is 4. The smallest absolute Gasteiger partial charge is 0.242 e. The standard InChI is InChI=1S/C11H13N3O2S3/c12-5-9-1-2-11(7-13-9)19(15,16)14-6-10-8-17-3-4-18-10/h1-2,7,10,14H,3-4,6,8H2. The molecule has 102 valence electrons. The van der Waals surface area contributed by atoms with Crippen LogP contribution in [0.4, 0.5) is 0 Å². The van der Waals surface area contributed by atoms with Gasteiger partial charge in [0, 0.05) is 35.3 Å². The van der Waals surface area contributed by atoms with Crippen LogP contribution >= 0.6 is 23.5 Å². The van der Waals surface area contributed by atoms with Gasteiger partial charge in [-0.25, -0.2) is 18.1 Å². The van der Waals surface area contributed by atoms with E-state index >= 15 is 0 Å². The Morgan fingerprint density at radius 3 is 2.89 bits per heavy atom. The van der Waals surface area contributed by atoms with Crippen LogP contribution in [0.15, 0.2) is 23.2 Å². The summed E-state index contributed by atoms with van der Waals surface area (Å²) in [5, 5.41) is 8.94. The zero-order valence-electron chi connectivity index (χ0n) is 10.1. The van der Waals surface area contributed by atoms with Crippen LogP contribution in [-0.2, 0) is 10.0 Å². The van der Waals surface area contributed by atoms with Gasteiger partial charge in [-0.15, -0.1) is 0 Å². The van der Waals surface area contributed by atoms with Crippen LogP contribution in [0.2, 0.25) is 0 Å². The third-order valence-corrected chi connectivity index (χ3v) is 6.80. The van der Waals surface area contributed by atoms with Crippen molar-refractivity contribution in [2.75, 3.05) is 23.8 Å². The zero-order chi connectivity index (χ0) is 13.7. The number of thioether (sulfide) groups is 2. The van der Waals surface area contributed by atoms with Crippen molar-refractivity contribution < 1.29 is 8.42 Å². The van der Waals surface area contributed by atoms with Crippen LogP contribution in [0.1, 0.15) is 5.69 Å². The largest absolute Gasteiger partial charge is 0.244 e. The van der Waals surface area contributed by atoms with E-state index in [9.17, 15) is 8.42 Å². The average Bonchev–Trinajstić information content (AvgIpc) is 2.46. The molecule has 1 unspecified atom stereocenters. The summed E-state index contributed by atoms with van der Waals surface area (Å²) in [6.07, 6.45) is 1.21. The van der Waals surface area contributed by atoms with Gasteiger partial charge in [0.2, 0.25) is 10.0 Å². The molecule has 5 nitrogen and oxygen atoms in total. The number of nitrogens with one attached hydrogen (secondary N) is 1. The summed E-state index contributed by atoms with van der Waals surface area (Å²) in [4.78, 5) is 3.87. The lowest BCUT2D eigenvalue weighted by Gasteiger charge is -2.21. The van der Waals surface area contributed by atoms with Crippen molar-refractivity contribution in [3.05, 3.63) is 24.0 Å². The lowest BCUT2D eigenvalue weighted by Crippen LogP contribution is -2.33. The van der Waals surface area contributed by atoms with Gasteiger partial charge >= 0.3 is 0 Å². The van der Waals surface area contributed by atoms with Gasteiger partial charge in [0.25, 0.3) is 0 Å². The third-order valence-electron chi connectivity index (χ3n) is 2.55. The molecular formula is C11H13N3O2S3. The molecule has 0 radical (unpaired) electrons. The lowest BCUT2D eigenvalue weighted by molar-refractivity contribution is 0.581. The number of sulfonamides is 1. The van der Waals surface area contributed by atoms with Crippen LogP contribution in [0, 0.1) is 11.3 Å². The molecule has 2 rings (SSSR count). The minimum absolute atomic E-state index is 0.0972. The van der Waals surface area contributed by atoms with Crippen molar-refractivity contribution in [2.45, 2.75) is 10.1 Å². The summed E-state index contributed by atoms with van der Waals surface area (Å²) in [7, 11) is -3.53. The van der Waals surface area contributed by atoms with Gasteiger partial charge in [0.1, 0.15) is 16.7 Å². The third kappa shape index (κ3) is 4.11. The Morgan fingerprint density at radius 1 is 1.47 bits per heavy atom. The van der Waals surface area contributed by atoms with E-state index in [2.05, 4.69) is 9.71 Å². The van der Waals surface area contributed by atoms with Gasteiger partial charge in [-0.05, 0) is 12.1 Å². The Bertz CT molecular complexity index is 560. The molecule has 0 saturated carbocycles. The molecule has 1 aliphatic rings. The van der Waals surface area contributed by atoms with E-state index in [1.165, 1.54) is 18.3 Å². The van der Waals surface area contributed by atoms with Crippen molar-refractivity contribution in [2.24, 2.45) is 0 Å². The summed E-state index contributed by atoms with van der Waals surface area (Å²) >= 11 is 3.65. The fraction of sp³-hybridized carbons (Fsp3) is 0.455. The number of pyridine rings is 1. The topological polar surface area (TPSA) is 82.8 Å². The summed E-state index contributed by atoms with van der Waals surface area (Å²) in [6.45, 7) is 0.431. The number of aromatic nitrogens is 1. The Labute approximate surface area is 121 Å². The molecule has 1 atom stereocenters. The van der Waals surface area contributed by atoms with Crippen molar-refractivity contribution in [1.29, 1.82) is 5.26 Å². The molecule has 2 heterocycles. The highest BCUT2D eigenvalue weighted by molar-refractivity contribution is 8.06. The molecule has 1 saturated heterocycles. The molecule has 0 aliphatic carbocycles. The van der Waals surface area contributed by atoms with E-state index in [4.69, 9.17) is 5.26 Å². The molecule has 0 amide bonds. The monoisotopic (exact) mass is 315 g/mol. The molecule has 8 heteroatoms. The van der Waals surface area contributed by atoms with Crippen LogP contribution in [0.25, 0.3) is 0 Å². The SMILES string of the molecule is N#Cc1ccc(S(=O)(=O)NCC2CSCCS2)cn1. The fourth-order valence-electron chi connectivity index (χ4n) is 1.55. The molecule has 0 bridgehead atoms. The average molecular weight is 315 g/mol. The van der Waals surface area contributed by atoms with Gasteiger partial charge < -0.3 is 0 Å². The first kappa shape index (κ1) is 14.7. The van der Waals surface area contributed by atoms with Gasteiger partial charge in [-0.2, -0.15) is 28.8 Å². The molecule has 1 aromatic heterocycles. The highest BCUT2D eigenvalue weighted by atomic mass is 32.2. The summed E-state index contributed by atoms with van der Waals surface area (Å²) < 4.78 is 26.6. The molecule has 1 aromatic rings. The van der Waals surface area contributed by atoms with Gasteiger partial charge in [0.15, 0.2) is 0 Å². The molecule has 19 heavy (non-hydrogen) atoms. The van der Waals surface area contributed by atoms with Crippen molar-refractivity contribution in [3.8, 4) is 6.07 Å². The van der Waals surface area contributed by atoms with Crippen LogP contribution in [0.5, 0.6) is 0 Å². The number of nitrogens with zero attached hydrogens (tertiary/aromatic N) is 2. The first-order chi connectivity index (χ1) is 9.12. The highest BCUT2D eigenvalue weighted by Gasteiger charge is 2.19. The second-order valence-corrected chi connectivity index (χ2v) is 8.24. The van der Waals surface area contributed by atoms with Crippen LogP contribution < -0.4 is 4.72 Å². The summed E-state index contributed by atoms with van der Waals surface area (Å²) in [5.41, 5.74) is 0.207. The van der Waals surface area contributed by atoms with Crippen LogP contribution in [-0.4, -0.2) is 42.5 Å². The first-order valence-corrected chi connectivity index (χ1v) is 9.35. The molecule has 1 aliphatic heterocycles. The maximum Gasteiger partial charge on any atom is 0.242 e. The summed E-state index contributed by atoms with van der Waals surface area (Å²) in [5.74, 6) is 3.17. The molecule has 1 fully saturated rings. The van der Waals surface area contributed by atoms with E-state index in [0.29, 0.717) is 11.8 Å². The normalized spacial score (nSPS) is 19.8. The Balaban J connectivity index is 1.99. The minimum Gasteiger partial charge on any atom is -0.244 e. The number of nitriles is 1. The predicted octanol–water partition coefficient (Wildman–Crippen LogP) is 1.08. The van der Waals surface area contributed by atoms with Crippen molar-refractivity contribution >= 4 is 33.5 Å². The van der Waals surface area contributed by atoms with Gasteiger partial charge in [-0.1, -0.05) is 0 Å². The second kappa shape index (κ2) is 6.61. The van der Waals surface area contributed by atoms with E-state index in [1.54, 1.807) is 11.8 Å². The number of hydrogen-bond donors (Lipinski definition) is 1. The van der Waals surface area contributed by atoms with E-state index < -0.39 is 10.0 Å². The predicted molar refractivity (Wildman–Crippen MR) is 77.7 cm³/mol. The quantitative estimate of drug-likeness (QED) is 0.895. The lowest BCUT2D eigenvalue weighted by atomic mass is 10.4. The van der Waals surface area contributed by atoms with E-state index in [-0.39, 0.29) is 10.6 Å². The minimum atomic E-state index is -3.53. The molecular weight excluding hydrogens is 302 g/mol. The van der Waals surface area contributed by atoms with Crippen LogP contribution in [0.3, 0.4) is 0 Å². The maximum atomic E-state index is 12.0. The van der Waals surface area contributed by atoms with E-state index in [0.717, 1.165) is 17.3 Å². The second-order valence-electron chi connectivity index (χ2n) is 3.91. The van der Waals surface area contributed by atoms with Gasteiger partial charge in [0.05, 0.1) is 0 Å². The fourth-order valence-corrected chi connectivity index (χ4v) is 5.29. The Hall–Kier alpha value is -0.750. The Morgan fingerprint density at radius 2 is 2.32 bits per heavy atom. The Kier molecular flexibility index (Phi) is 5.10. The maximum absolute atomic E-state index is 12.0. The highest BCUT2D eigenvalue weighted by Crippen LogP contribution is 2.23. The first-order valence-electron chi connectivity index (χ1n) is 5.67. The molecule has 0 spiro atoms. The molecule has 1 N–H and O–H groups in total. The summed E-state index contributed by atoms with van der Waals surface area (Å²) in [6, 6.07) is 4.66. The van der Waals surface area contributed by atoms with Gasteiger partial charge in [-0.3, -0.25) is 0 Å². The molecule has 0 aromatic carbocycles.